The van der Waals surface area contributed by atoms with Crippen molar-refractivity contribution in [3.63, 3.8) is 0 Å². The van der Waals surface area contributed by atoms with Crippen molar-refractivity contribution < 1.29 is 4.79 Å². The number of benzene rings is 1. The molecule has 1 amide bonds. The van der Waals surface area contributed by atoms with Crippen LogP contribution in [0.3, 0.4) is 0 Å². The summed E-state index contributed by atoms with van der Waals surface area (Å²) in [7, 11) is 1.93. The number of rotatable bonds is 5. The Bertz CT molecular complexity index is 767. The molecule has 0 saturated heterocycles. The van der Waals surface area contributed by atoms with E-state index < -0.39 is 0 Å². The lowest BCUT2D eigenvalue weighted by molar-refractivity contribution is -0.129. The Morgan fingerprint density at radius 1 is 1.23 bits per heavy atom. The Balaban J connectivity index is 1.62. The van der Waals surface area contributed by atoms with Crippen LogP contribution in [-0.4, -0.2) is 49.9 Å². The highest BCUT2D eigenvalue weighted by molar-refractivity contribution is 7.99. The maximum atomic E-state index is 12.6. The Labute approximate surface area is 159 Å². The summed E-state index contributed by atoms with van der Waals surface area (Å²) in [5, 5.41) is 12.6. The van der Waals surface area contributed by atoms with Gasteiger partial charge < -0.3 is 4.90 Å². The summed E-state index contributed by atoms with van der Waals surface area (Å²) in [6.07, 6.45) is 4.63. The standard InChI is InChI=1S/C19H27N5OS/c1-13-5-8-16(9-6-13)23(4)18(25)12-26-19-20-21-22-24(19)17-10-7-14(2)15(3)11-17/h7,10-11,13,16H,5-6,8-9,12H2,1-4H3. The number of aryl methyl sites for hydroxylation is 2. The van der Waals surface area contributed by atoms with E-state index in [4.69, 9.17) is 0 Å². The fourth-order valence-corrected chi connectivity index (χ4v) is 4.16. The molecular weight excluding hydrogens is 346 g/mol. The smallest absolute Gasteiger partial charge is 0.233 e. The normalized spacial score (nSPS) is 20.2. The molecule has 1 aromatic carbocycles. The molecule has 1 saturated carbocycles. The molecule has 0 atom stereocenters. The van der Waals surface area contributed by atoms with Crippen molar-refractivity contribution in [2.75, 3.05) is 12.8 Å². The van der Waals surface area contributed by atoms with Crippen LogP contribution in [0.4, 0.5) is 0 Å². The van der Waals surface area contributed by atoms with E-state index in [0.717, 1.165) is 24.4 Å². The van der Waals surface area contributed by atoms with Crippen molar-refractivity contribution >= 4 is 17.7 Å². The third-order valence-electron chi connectivity index (χ3n) is 5.43. The number of tetrazole rings is 1. The minimum Gasteiger partial charge on any atom is -0.342 e. The summed E-state index contributed by atoms with van der Waals surface area (Å²) >= 11 is 1.40. The summed E-state index contributed by atoms with van der Waals surface area (Å²) < 4.78 is 1.70. The fraction of sp³-hybridized carbons (Fsp3) is 0.579. The summed E-state index contributed by atoms with van der Waals surface area (Å²) in [5.74, 6) is 1.28. The van der Waals surface area contributed by atoms with Crippen LogP contribution in [0, 0.1) is 19.8 Å². The van der Waals surface area contributed by atoms with Gasteiger partial charge in [-0.15, -0.1) is 5.10 Å². The van der Waals surface area contributed by atoms with Gasteiger partial charge in [0.05, 0.1) is 11.4 Å². The van der Waals surface area contributed by atoms with E-state index in [1.54, 1.807) is 4.68 Å². The Morgan fingerprint density at radius 3 is 2.65 bits per heavy atom. The lowest BCUT2D eigenvalue weighted by Gasteiger charge is -2.33. The zero-order chi connectivity index (χ0) is 18.7. The minimum absolute atomic E-state index is 0.143. The lowest BCUT2D eigenvalue weighted by Crippen LogP contribution is -2.40. The second kappa shape index (κ2) is 8.20. The first-order valence-electron chi connectivity index (χ1n) is 9.20. The third kappa shape index (κ3) is 4.26. The molecular formula is C19H27N5OS. The number of carbonyl (C=O) groups excluding carboxylic acids is 1. The molecule has 0 bridgehead atoms. The van der Waals surface area contributed by atoms with E-state index in [1.165, 1.54) is 35.7 Å². The van der Waals surface area contributed by atoms with Crippen LogP contribution in [-0.2, 0) is 4.79 Å². The first-order chi connectivity index (χ1) is 12.5. The van der Waals surface area contributed by atoms with Gasteiger partial charge in [0.25, 0.3) is 0 Å². The highest BCUT2D eigenvalue weighted by Gasteiger charge is 2.25. The van der Waals surface area contributed by atoms with E-state index in [-0.39, 0.29) is 5.91 Å². The maximum absolute atomic E-state index is 12.6. The van der Waals surface area contributed by atoms with Crippen LogP contribution in [0.2, 0.25) is 0 Å². The van der Waals surface area contributed by atoms with Crippen molar-refractivity contribution in [1.82, 2.24) is 25.1 Å². The molecule has 1 fully saturated rings. The van der Waals surface area contributed by atoms with E-state index >= 15 is 0 Å². The number of hydrogen-bond acceptors (Lipinski definition) is 5. The highest BCUT2D eigenvalue weighted by Crippen LogP contribution is 2.27. The number of amides is 1. The van der Waals surface area contributed by atoms with Gasteiger partial charge in [0, 0.05) is 13.1 Å². The predicted molar refractivity (Wildman–Crippen MR) is 104 cm³/mol. The third-order valence-corrected chi connectivity index (χ3v) is 6.33. The lowest BCUT2D eigenvalue weighted by atomic mass is 9.87. The molecule has 0 radical (unpaired) electrons. The SMILES string of the molecule is Cc1ccc(-n2nnnc2SCC(=O)N(C)C2CCC(C)CC2)cc1C. The molecule has 0 aliphatic heterocycles. The molecule has 1 aliphatic rings. The molecule has 1 heterocycles. The monoisotopic (exact) mass is 373 g/mol. The molecule has 3 rings (SSSR count). The van der Waals surface area contributed by atoms with Crippen LogP contribution < -0.4 is 0 Å². The van der Waals surface area contributed by atoms with Gasteiger partial charge in [0.1, 0.15) is 0 Å². The Hall–Kier alpha value is -1.89. The van der Waals surface area contributed by atoms with Crippen LogP contribution in [0.25, 0.3) is 5.69 Å². The van der Waals surface area contributed by atoms with Crippen LogP contribution in [0.15, 0.2) is 23.4 Å². The summed E-state index contributed by atoms with van der Waals surface area (Å²) in [4.78, 5) is 14.5. The van der Waals surface area contributed by atoms with Gasteiger partial charge in [-0.3, -0.25) is 4.79 Å². The highest BCUT2D eigenvalue weighted by atomic mass is 32.2. The van der Waals surface area contributed by atoms with Crippen LogP contribution >= 0.6 is 11.8 Å². The molecule has 2 aromatic rings. The number of carbonyl (C=O) groups is 1. The van der Waals surface area contributed by atoms with Crippen molar-refractivity contribution in [3.8, 4) is 5.69 Å². The number of aromatic nitrogens is 4. The minimum atomic E-state index is 0.143. The molecule has 7 heteroatoms. The number of nitrogens with zero attached hydrogens (tertiary/aromatic N) is 5. The van der Waals surface area contributed by atoms with E-state index in [2.05, 4.69) is 48.4 Å². The second-order valence-corrected chi connectivity index (χ2v) is 8.29. The van der Waals surface area contributed by atoms with E-state index in [1.807, 2.05) is 18.0 Å². The zero-order valence-corrected chi connectivity index (χ0v) is 16.8. The van der Waals surface area contributed by atoms with Crippen LogP contribution in [0.1, 0.15) is 43.7 Å². The Morgan fingerprint density at radius 2 is 1.96 bits per heavy atom. The average Bonchev–Trinajstić information content (AvgIpc) is 3.10. The van der Waals surface area contributed by atoms with Crippen molar-refractivity contribution in [2.24, 2.45) is 5.92 Å². The Kier molecular flexibility index (Phi) is 5.96. The second-order valence-electron chi connectivity index (χ2n) is 7.35. The van der Waals surface area contributed by atoms with Crippen molar-refractivity contribution in [1.29, 1.82) is 0 Å². The molecule has 6 nitrogen and oxygen atoms in total. The van der Waals surface area contributed by atoms with Gasteiger partial charge >= 0.3 is 0 Å². The van der Waals surface area contributed by atoms with Gasteiger partial charge in [-0.25, -0.2) is 0 Å². The van der Waals surface area contributed by atoms with E-state index in [0.29, 0.717) is 17.0 Å². The molecule has 26 heavy (non-hydrogen) atoms. The molecule has 0 spiro atoms. The molecule has 0 N–H and O–H groups in total. The number of hydrogen-bond donors (Lipinski definition) is 0. The molecule has 140 valence electrons. The average molecular weight is 374 g/mol. The van der Waals surface area contributed by atoms with Gasteiger partial charge in [-0.1, -0.05) is 24.8 Å². The molecule has 0 unspecified atom stereocenters. The summed E-state index contributed by atoms with van der Waals surface area (Å²) in [5.41, 5.74) is 3.34. The van der Waals surface area contributed by atoms with Crippen molar-refractivity contribution in [3.05, 3.63) is 29.3 Å². The molecule has 1 aliphatic carbocycles. The van der Waals surface area contributed by atoms with Gasteiger partial charge in [0.15, 0.2) is 0 Å². The molecule has 1 aromatic heterocycles. The van der Waals surface area contributed by atoms with Crippen molar-refractivity contribution in [2.45, 2.75) is 57.7 Å². The fourth-order valence-electron chi connectivity index (χ4n) is 3.35. The number of thioether (sulfide) groups is 1. The maximum Gasteiger partial charge on any atom is 0.233 e. The van der Waals surface area contributed by atoms with Gasteiger partial charge in [-0.05, 0) is 79.1 Å². The predicted octanol–water partition coefficient (Wildman–Crippen LogP) is 3.41. The van der Waals surface area contributed by atoms with Crippen LogP contribution in [0.5, 0.6) is 0 Å². The van der Waals surface area contributed by atoms with Gasteiger partial charge in [-0.2, -0.15) is 4.68 Å². The van der Waals surface area contributed by atoms with E-state index in [9.17, 15) is 4.79 Å². The summed E-state index contributed by atoms with van der Waals surface area (Å²) in [6.45, 7) is 6.44. The first-order valence-corrected chi connectivity index (χ1v) is 10.2. The zero-order valence-electron chi connectivity index (χ0n) is 16.0. The topological polar surface area (TPSA) is 63.9 Å². The first kappa shape index (κ1) is 18.9. The summed E-state index contributed by atoms with van der Waals surface area (Å²) in [6, 6.07) is 6.49. The quantitative estimate of drug-likeness (QED) is 0.752. The van der Waals surface area contributed by atoms with Gasteiger partial charge in [0.2, 0.25) is 11.1 Å². The largest absolute Gasteiger partial charge is 0.342 e.